The summed E-state index contributed by atoms with van der Waals surface area (Å²) in [4.78, 5) is 25.4. The molecular formula is C24H23N3O4S. The molecule has 164 valence electrons. The maximum Gasteiger partial charge on any atom is 0.284 e. The van der Waals surface area contributed by atoms with E-state index in [0.717, 1.165) is 16.8 Å². The van der Waals surface area contributed by atoms with E-state index in [1.54, 1.807) is 17.1 Å². The number of carbonyl (C=O) groups excluding carboxylic acids is 2. The Balaban J connectivity index is 1.50. The van der Waals surface area contributed by atoms with Gasteiger partial charge in [0.1, 0.15) is 5.75 Å². The highest BCUT2D eigenvalue weighted by Crippen LogP contribution is 2.34. The lowest BCUT2D eigenvalue weighted by molar-refractivity contribution is -0.123. The van der Waals surface area contributed by atoms with Crippen LogP contribution in [0.5, 0.6) is 5.75 Å². The zero-order valence-corrected chi connectivity index (χ0v) is 18.1. The van der Waals surface area contributed by atoms with E-state index in [1.165, 1.54) is 11.3 Å². The zero-order valence-electron chi connectivity index (χ0n) is 17.3. The Morgan fingerprint density at radius 3 is 2.56 bits per heavy atom. The molecule has 2 aromatic carbocycles. The van der Waals surface area contributed by atoms with Gasteiger partial charge in [-0.25, -0.2) is 5.01 Å². The minimum atomic E-state index is -0.295. The van der Waals surface area contributed by atoms with Crippen LogP contribution < -0.4 is 10.1 Å². The molecule has 0 saturated heterocycles. The topological polar surface area (TPSA) is 91.2 Å². The third-order valence-electron chi connectivity index (χ3n) is 5.03. The Labute approximate surface area is 190 Å². The SMILES string of the molecule is O=C(COc1ccc(C2=NN(C(=O)c3cccs3)[C@H](c3ccccc3)C2)cc1)NCCO. The van der Waals surface area contributed by atoms with Gasteiger partial charge in [-0.05, 0) is 46.8 Å². The van der Waals surface area contributed by atoms with Crippen LogP contribution in [-0.4, -0.2) is 47.4 Å². The standard InChI is InChI=1S/C24H23N3O4S/c28-13-12-25-23(29)16-31-19-10-8-17(9-11-19)20-15-21(18-5-2-1-3-6-18)27(26-20)24(30)22-7-4-14-32-22/h1-11,14,21,28H,12-13,15-16H2,(H,25,29)/t21-/m0/s1. The van der Waals surface area contributed by atoms with E-state index in [1.807, 2.05) is 60.0 Å². The Kier molecular flexibility index (Phi) is 6.94. The number of hydrazone groups is 1. The summed E-state index contributed by atoms with van der Waals surface area (Å²) in [5.41, 5.74) is 2.74. The van der Waals surface area contributed by atoms with Gasteiger partial charge in [-0.2, -0.15) is 5.10 Å². The number of benzene rings is 2. The molecule has 2 N–H and O–H groups in total. The normalized spacial score (nSPS) is 15.3. The van der Waals surface area contributed by atoms with E-state index in [2.05, 4.69) is 10.4 Å². The van der Waals surface area contributed by atoms with E-state index >= 15 is 0 Å². The molecule has 0 aliphatic carbocycles. The van der Waals surface area contributed by atoms with Gasteiger partial charge in [0.25, 0.3) is 11.8 Å². The Morgan fingerprint density at radius 2 is 1.88 bits per heavy atom. The van der Waals surface area contributed by atoms with Gasteiger partial charge >= 0.3 is 0 Å². The van der Waals surface area contributed by atoms with Crippen molar-refractivity contribution in [2.24, 2.45) is 5.10 Å². The molecule has 0 spiro atoms. The van der Waals surface area contributed by atoms with Gasteiger partial charge in [0.2, 0.25) is 0 Å². The van der Waals surface area contributed by atoms with E-state index < -0.39 is 0 Å². The lowest BCUT2D eigenvalue weighted by Crippen LogP contribution is -2.31. The highest BCUT2D eigenvalue weighted by Gasteiger charge is 2.33. The molecule has 2 heterocycles. The average molecular weight is 450 g/mol. The molecular weight excluding hydrogens is 426 g/mol. The summed E-state index contributed by atoms with van der Waals surface area (Å²) in [5.74, 6) is 0.145. The van der Waals surface area contributed by atoms with Crippen molar-refractivity contribution in [1.82, 2.24) is 10.3 Å². The Hall–Kier alpha value is -3.49. The Morgan fingerprint density at radius 1 is 1.09 bits per heavy atom. The summed E-state index contributed by atoms with van der Waals surface area (Å²) in [6.07, 6.45) is 0.602. The number of thiophene rings is 1. The molecule has 0 radical (unpaired) electrons. The Bertz CT molecular complexity index is 1080. The van der Waals surface area contributed by atoms with Crippen LogP contribution in [0.1, 0.15) is 33.3 Å². The first kappa shape index (κ1) is 21.7. The minimum Gasteiger partial charge on any atom is -0.484 e. The summed E-state index contributed by atoms with van der Waals surface area (Å²) in [6, 6.07) is 20.7. The van der Waals surface area contributed by atoms with Crippen molar-refractivity contribution in [2.45, 2.75) is 12.5 Å². The summed E-state index contributed by atoms with van der Waals surface area (Å²) in [7, 11) is 0. The van der Waals surface area contributed by atoms with Gasteiger partial charge < -0.3 is 15.2 Å². The van der Waals surface area contributed by atoms with E-state index in [4.69, 9.17) is 9.84 Å². The van der Waals surface area contributed by atoms with Crippen LogP contribution >= 0.6 is 11.3 Å². The van der Waals surface area contributed by atoms with Gasteiger partial charge in [0.05, 0.1) is 23.2 Å². The fourth-order valence-corrected chi connectivity index (χ4v) is 4.11. The number of hydrogen-bond acceptors (Lipinski definition) is 6. The minimum absolute atomic E-state index is 0.113. The summed E-state index contributed by atoms with van der Waals surface area (Å²) in [5, 5.41) is 19.4. The molecule has 0 bridgehead atoms. The van der Waals surface area contributed by atoms with Crippen molar-refractivity contribution in [2.75, 3.05) is 19.8 Å². The quantitative estimate of drug-likeness (QED) is 0.552. The number of nitrogens with zero attached hydrogens (tertiary/aromatic N) is 2. The fraction of sp³-hybridized carbons (Fsp3) is 0.208. The van der Waals surface area contributed by atoms with Crippen LogP contribution in [0.3, 0.4) is 0 Å². The third kappa shape index (κ3) is 5.04. The average Bonchev–Trinajstić information content (AvgIpc) is 3.53. The van der Waals surface area contributed by atoms with Gasteiger partial charge in [-0.15, -0.1) is 11.3 Å². The monoisotopic (exact) mass is 449 g/mol. The second-order valence-electron chi connectivity index (χ2n) is 7.19. The molecule has 7 nitrogen and oxygen atoms in total. The number of aliphatic hydroxyl groups is 1. The summed E-state index contributed by atoms with van der Waals surface area (Å²) in [6.45, 7) is -0.0395. The van der Waals surface area contributed by atoms with Crippen LogP contribution in [0, 0.1) is 0 Å². The number of nitrogens with one attached hydrogen (secondary N) is 1. The molecule has 0 saturated carbocycles. The molecule has 8 heteroatoms. The summed E-state index contributed by atoms with van der Waals surface area (Å²) >= 11 is 1.40. The molecule has 0 fully saturated rings. The lowest BCUT2D eigenvalue weighted by Gasteiger charge is -2.21. The van der Waals surface area contributed by atoms with Crippen molar-refractivity contribution in [3.8, 4) is 5.75 Å². The van der Waals surface area contributed by atoms with Gasteiger partial charge in [-0.1, -0.05) is 36.4 Å². The number of rotatable bonds is 8. The van der Waals surface area contributed by atoms with Crippen molar-refractivity contribution < 1.29 is 19.4 Å². The highest BCUT2D eigenvalue weighted by molar-refractivity contribution is 7.12. The maximum atomic E-state index is 13.1. The second-order valence-corrected chi connectivity index (χ2v) is 8.14. The molecule has 1 aromatic heterocycles. The van der Waals surface area contributed by atoms with E-state index in [9.17, 15) is 9.59 Å². The van der Waals surface area contributed by atoms with Crippen molar-refractivity contribution in [3.63, 3.8) is 0 Å². The first-order valence-corrected chi connectivity index (χ1v) is 11.1. The molecule has 32 heavy (non-hydrogen) atoms. The molecule has 0 unspecified atom stereocenters. The molecule has 4 rings (SSSR count). The van der Waals surface area contributed by atoms with E-state index in [-0.39, 0.29) is 37.6 Å². The lowest BCUT2D eigenvalue weighted by atomic mass is 9.98. The second kappa shape index (κ2) is 10.2. The van der Waals surface area contributed by atoms with Crippen LogP contribution in [0.2, 0.25) is 0 Å². The number of hydrogen-bond donors (Lipinski definition) is 2. The van der Waals surface area contributed by atoms with Crippen molar-refractivity contribution >= 4 is 28.9 Å². The molecule has 2 amide bonds. The zero-order chi connectivity index (χ0) is 22.3. The largest absolute Gasteiger partial charge is 0.484 e. The predicted molar refractivity (Wildman–Crippen MR) is 123 cm³/mol. The molecule has 1 atom stereocenters. The van der Waals surface area contributed by atoms with Gasteiger partial charge in [0, 0.05) is 13.0 Å². The third-order valence-corrected chi connectivity index (χ3v) is 5.88. The van der Waals surface area contributed by atoms with E-state index in [0.29, 0.717) is 17.0 Å². The van der Waals surface area contributed by atoms with Crippen molar-refractivity contribution in [3.05, 3.63) is 88.1 Å². The van der Waals surface area contributed by atoms with Crippen LogP contribution in [0.4, 0.5) is 0 Å². The molecule has 1 aliphatic heterocycles. The number of carbonyl (C=O) groups is 2. The molecule has 1 aliphatic rings. The molecule has 3 aromatic rings. The van der Waals surface area contributed by atoms with Gasteiger partial charge in [0.15, 0.2) is 6.61 Å². The van der Waals surface area contributed by atoms with Crippen LogP contribution in [-0.2, 0) is 4.79 Å². The number of amides is 2. The number of ether oxygens (including phenoxy) is 1. The smallest absolute Gasteiger partial charge is 0.284 e. The van der Waals surface area contributed by atoms with Crippen molar-refractivity contribution in [1.29, 1.82) is 0 Å². The highest BCUT2D eigenvalue weighted by atomic mass is 32.1. The van der Waals surface area contributed by atoms with Gasteiger partial charge in [-0.3, -0.25) is 9.59 Å². The predicted octanol–water partition coefficient (Wildman–Crippen LogP) is 3.23. The first-order chi connectivity index (χ1) is 15.7. The fourth-order valence-electron chi connectivity index (χ4n) is 3.46. The first-order valence-electron chi connectivity index (χ1n) is 10.3. The van der Waals surface area contributed by atoms with Crippen LogP contribution in [0.15, 0.2) is 77.2 Å². The summed E-state index contributed by atoms with van der Waals surface area (Å²) < 4.78 is 5.48. The number of aliphatic hydroxyl groups excluding tert-OH is 1. The van der Waals surface area contributed by atoms with Crippen LogP contribution in [0.25, 0.3) is 0 Å². The maximum absolute atomic E-state index is 13.1.